The Hall–Kier alpha value is -2.04. The summed E-state index contributed by atoms with van der Waals surface area (Å²) in [5.74, 6) is -0.654. The molecular weight excluding hydrogens is 232 g/mol. The third kappa shape index (κ3) is 4.08. The number of carbonyl (C=O) groups is 2. The van der Waals surface area contributed by atoms with Gasteiger partial charge >= 0.3 is 5.97 Å². The summed E-state index contributed by atoms with van der Waals surface area (Å²) in [7, 11) is 1.29. The molecule has 0 aliphatic rings. The Morgan fingerprint density at radius 3 is 2.67 bits per heavy atom. The monoisotopic (exact) mass is 250 g/mol. The number of carbonyl (C=O) groups excluding carboxylic acids is 2. The summed E-state index contributed by atoms with van der Waals surface area (Å²) in [6.07, 6.45) is 0.835. The van der Waals surface area contributed by atoms with E-state index in [1.54, 1.807) is 13.0 Å². The Morgan fingerprint density at radius 1 is 1.39 bits per heavy atom. The Morgan fingerprint density at radius 2 is 2.06 bits per heavy atom. The highest BCUT2D eigenvalue weighted by Gasteiger charge is 2.15. The van der Waals surface area contributed by atoms with Crippen molar-refractivity contribution in [1.29, 1.82) is 0 Å². The predicted molar refractivity (Wildman–Crippen MR) is 68.8 cm³/mol. The molecule has 0 saturated carbocycles. The third-order valence-electron chi connectivity index (χ3n) is 2.61. The second-order valence-corrected chi connectivity index (χ2v) is 4.01. The number of amides is 1. The Bertz CT molecular complexity index is 432. The zero-order valence-corrected chi connectivity index (χ0v) is 10.6. The van der Waals surface area contributed by atoms with Gasteiger partial charge in [0.2, 0.25) is 5.91 Å². The van der Waals surface area contributed by atoms with Gasteiger partial charge in [-0.25, -0.2) is 4.79 Å². The van der Waals surface area contributed by atoms with Crippen LogP contribution in [0.5, 0.6) is 0 Å². The van der Waals surface area contributed by atoms with Gasteiger partial charge < -0.3 is 15.8 Å². The smallest absolute Gasteiger partial charge is 0.328 e. The van der Waals surface area contributed by atoms with E-state index in [0.29, 0.717) is 12.1 Å². The number of esters is 1. The van der Waals surface area contributed by atoms with Crippen LogP contribution in [0.25, 0.3) is 0 Å². The first-order valence-electron chi connectivity index (χ1n) is 5.75. The normalized spacial score (nSPS) is 11.7. The number of ether oxygens (including phenoxy) is 1. The van der Waals surface area contributed by atoms with Gasteiger partial charge in [0.1, 0.15) is 6.04 Å². The fourth-order valence-electron chi connectivity index (χ4n) is 1.56. The number of nitrogens with one attached hydrogen (secondary N) is 1. The highest BCUT2D eigenvalue weighted by Crippen LogP contribution is 2.12. The zero-order valence-electron chi connectivity index (χ0n) is 10.6. The van der Waals surface area contributed by atoms with Gasteiger partial charge in [-0.15, -0.1) is 0 Å². The Kier molecular flexibility index (Phi) is 5.17. The van der Waals surface area contributed by atoms with E-state index >= 15 is 0 Å². The molecule has 0 bridgehead atoms. The first-order chi connectivity index (χ1) is 8.54. The van der Waals surface area contributed by atoms with Crippen molar-refractivity contribution in [3.63, 3.8) is 0 Å². The number of rotatable bonds is 5. The second-order valence-electron chi connectivity index (χ2n) is 4.01. The molecule has 1 aromatic rings. The number of nitrogen functional groups attached to an aromatic ring is 1. The molecule has 1 amide bonds. The van der Waals surface area contributed by atoms with Crippen molar-refractivity contribution in [3.8, 4) is 0 Å². The first-order valence-corrected chi connectivity index (χ1v) is 5.75. The topological polar surface area (TPSA) is 81.4 Å². The lowest BCUT2D eigenvalue weighted by molar-refractivity contribution is -0.144. The molecule has 0 saturated heterocycles. The summed E-state index contributed by atoms with van der Waals surface area (Å²) in [5, 5.41) is 2.57. The average Bonchev–Trinajstić information content (AvgIpc) is 2.36. The largest absolute Gasteiger partial charge is 0.467 e. The molecular formula is C13H18N2O3. The van der Waals surface area contributed by atoms with E-state index < -0.39 is 12.0 Å². The van der Waals surface area contributed by atoms with E-state index in [2.05, 4.69) is 10.1 Å². The quantitative estimate of drug-likeness (QED) is 0.600. The summed E-state index contributed by atoms with van der Waals surface area (Å²) >= 11 is 0. The highest BCUT2D eigenvalue weighted by atomic mass is 16.5. The van der Waals surface area contributed by atoms with E-state index in [4.69, 9.17) is 5.73 Å². The van der Waals surface area contributed by atoms with Crippen LogP contribution >= 0.6 is 0 Å². The van der Waals surface area contributed by atoms with Crippen LogP contribution in [0.3, 0.4) is 0 Å². The van der Waals surface area contributed by atoms with Crippen molar-refractivity contribution in [2.75, 3.05) is 12.8 Å². The second kappa shape index (κ2) is 6.64. The molecule has 0 unspecified atom stereocenters. The molecule has 0 heterocycles. The molecule has 1 aromatic carbocycles. The van der Waals surface area contributed by atoms with Gasteiger partial charge in [-0.3, -0.25) is 4.79 Å². The maximum atomic E-state index is 11.6. The predicted octanol–water partition coefficient (Wildman–Crippen LogP) is 0.879. The van der Waals surface area contributed by atoms with E-state index in [-0.39, 0.29) is 12.3 Å². The van der Waals surface area contributed by atoms with E-state index in [0.717, 1.165) is 5.56 Å². The minimum atomic E-state index is -0.629. The number of benzene rings is 1. The standard InChI is InChI=1S/C13H18N2O3/c1-9(13(17)18-2)15-12(16)8-7-10-5-3-4-6-11(10)14/h3-6,9H,7-8,14H2,1-2H3,(H,15,16)/t9-/m0/s1. The van der Waals surface area contributed by atoms with Gasteiger partial charge in [-0.1, -0.05) is 18.2 Å². The summed E-state index contributed by atoms with van der Waals surface area (Å²) in [5.41, 5.74) is 7.37. The van der Waals surface area contributed by atoms with Crippen LogP contribution < -0.4 is 11.1 Å². The number of anilines is 1. The Balaban J connectivity index is 2.43. The molecule has 0 radical (unpaired) electrons. The molecule has 0 aromatic heterocycles. The maximum absolute atomic E-state index is 11.6. The van der Waals surface area contributed by atoms with Gasteiger partial charge in [0.25, 0.3) is 0 Å². The first kappa shape index (κ1) is 14.0. The van der Waals surface area contributed by atoms with Crippen LogP contribution in [0.1, 0.15) is 18.9 Å². The minimum Gasteiger partial charge on any atom is -0.467 e. The van der Waals surface area contributed by atoms with Crippen molar-refractivity contribution < 1.29 is 14.3 Å². The Labute approximate surface area is 106 Å². The molecule has 18 heavy (non-hydrogen) atoms. The molecule has 5 heteroatoms. The van der Waals surface area contributed by atoms with Crippen molar-refractivity contribution in [3.05, 3.63) is 29.8 Å². The summed E-state index contributed by atoms with van der Waals surface area (Å²) in [6, 6.07) is 6.77. The van der Waals surface area contributed by atoms with Gasteiger partial charge in [0.05, 0.1) is 7.11 Å². The highest BCUT2D eigenvalue weighted by molar-refractivity contribution is 5.84. The molecule has 0 aliphatic heterocycles. The van der Waals surface area contributed by atoms with Crippen LogP contribution in [0.2, 0.25) is 0 Å². The van der Waals surface area contributed by atoms with E-state index in [1.165, 1.54) is 7.11 Å². The van der Waals surface area contributed by atoms with Crippen LogP contribution in [-0.4, -0.2) is 25.0 Å². The van der Waals surface area contributed by atoms with E-state index in [1.807, 2.05) is 18.2 Å². The van der Waals surface area contributed by atoms with Crippen molar-refractivity contribution >= 4 is 17.6 Å². The number of aryl methyl sites for hydroxylation is 1. The molecule has 3 N–H and O–H groups in total. The van der Waals surface area contributed by atoms with Crippen LogP contribution in [0.4, 0.5) is 5.69 Å². The number of para-hydroxylation sites is 1. The number of hydrogen-bond donors (Lipinski definition) is 2. The molecule has 0 aliphatic carbocycles. The molecule has 5 nitrogen and oxygen atoms in total. The van der Waals surface area contributed by atoms with Crippen molar-refractivity contribution in [1.82, 2.24) is 5.32 Å². The van der Waals surface area contributed by atoms with Crippen molar-refractivity contribution in [2.24, 2.45) is 0 Å². The number of hydrogen-bond acceptors (Lipinski definition) is 4. The number of nitrogens with two attached hydrogens (primary N) is 1. The minimum absolute atomic E-state index is 0.198. The molecule has 1 atom stereocenters. The van der Waals surface area contributed by atoms with Gasteiger partial charge in [-0.05, 0) is 25.0 Å². The lowest BCUT2D eigenvalue weighted by atomic mass is 10.1. The fraction of sp³-hybridized carbons (Fsp3) is 0.385. The summed E-state index contributed by atoms with van der Waals surface area (Å²) in [6.45, 7) is 1.58. The van der Waals surface area contributed by atoms with Gasteiger partial charge in [0.15, 0.2) is 0 Å². The average molecular weight is 250 g/mol. The van der Waals surface area contributed by atoms with Gasteiger partial charge in [0, 0.05) is 12.1 Å². The van der Waals surface area contributed by atoms with Crippen LogP contribution in [0, 0.1) is 0 Å². The molecule has 0 fully saturated rings. The van der Waals surface area contributed by atoms with Crippen LogP contribution in [0.15, 0.2) is 24.3 Å². The summed E-state index contributed by atoms with van der Waals surface area (Å²) in [4.78, 5) is 22.7. The van der Waals surface area contributed by atoms with E-state index in [9.17, 15) is 9.59 Å². The van der Waals surface area contributed by atoms with Crippen LogP contribution in [-0.2, 0) is 20.7 Å². The lowest BCUT2D eigenvalue weighted by Crippen LogP contribution is -2.39. The zero-order chi connectivity index (χ0) is 13.5. The number of methoxy groups -OCH3 is 1. The summed E-state index contributed by atoms with van der Waals surface area (Å²) < 4.78 is 4.52. The third-order valence-corrected chi connectivity index (χ3v) is 2.61. The molecule has 0 spiro atoms. The lowest BCUT2D eigenvalue weighted by Gasteiger charge is -2.11. The SMILES string of the molecule is COC(=O)[C@H](C)NC(=O)CCc1ccccc1N. The molecule has 98 valence electrons. The molecule has 1 rings (SSSR count). The maximum Gasteiger partial charge on any atom is 0.328 e. The fourth-order valence-corrected chi connectivity index (χ4v) is 1.56. The van der Waals surface area contributed by atoms with Crippen molar-refractivity contribution in [2.45, 2.75) is 25.8 Å². The van der Waals surface area contributed by atoms with Gasteiger partial charge in [-0.2, -0.15) is 0 Å².